The highest BCUT2D eigenvalue weighted by Crippen LogP contribution is 2.41. The van der Waals surface area contributed by atoms with Gasteiger partial charge in [-0.05, 0) is 64.7 Å². The maximum atomic E-state index is 14.0. The van der Waals surface area contributed by atoms with E-state index < -0.39 is 33.5 Å². The molecule has 242 valence electrons. The van der Waals surface area contributed by atoms with E-state index >= 15 is 0 Å². The molecule has 2 heterocycles. The Balaban J connectivity index is 1.33. The number of hydrogen-bond acceptors (Lipinski definition) is 7. The van der Waals surface area contributed by atoms with Gasteiger partial charge in [0.2, 0.25) is 10.0 Å². The highest BCUT2D eigenvalue weighted by molar-refractivity contribution is 7.89. The standard InChI is InChI=1S/C31H38FN5O6S2/c1-31(2,3)36-45(41,42)27-14-21(35-29(38)34-15-20-6-4-5-7-25(20)32)10-13-24(27)26-16-33-28(44-26)19-8-11-22(12-9-19)37(30(39)40)23-17-43-18-23/h4-7,10,13-14,16,19,22-23,36H,8-9,11-12,15,17-18H2,1-3H3,(H,39,40)(H2,34,35,38). The third-order valence-electron chi connectivity index (χ3n) is 7.83. The summed E-state index contributed by atoms with van der Waals surface area (Å²) in [5.74, 6) is -0.299. The molecule has 0 unspecified atom stereocenters. The number of halogens is 1. The lowest BCUT2D eigenvalue weighted by atomic mass is 9.85. The first kappa shape index (κ1) is 32.8. The number of anilines is 1. The quantitative estimate of drug-likeness (QED) is 0.228. The van der Waals surface area contributed by atoms with E-state index in [2.05, 4.69) is 20.3 Å². The second-order valence-electron chi connectivity index (χ2n) is 12.4. The number of aromatic nitrogens is 1. The van der Waals surface area contributed by atoms with Crippen LogP contribution in [0.3, 0.4) is 0 Å². The monoisotopic (exact) mass is 659 g/mol. The van der Waals surface area contributed by atoms with Gasteiger partial charge in [0, 0.05) is 47.1 Å². The van der Waals surface area contributed by atoms with Crippen LogP contribution in [0.1, 0.15) is 62.9 Å². The van der Waals surface area contributed by atoms with E-state index in [1.807, 2.05) is 0 Å². The molecule has 5 rings (SSSR count). The number of thiazole rings is 1. The van der Waals surface area contributed by atoms with Crippen molar-refractivity contribution in [2.75, 3.05) is 18.5 Å². The van der Waals surface area contributed by atoms with E-state index in [0.29, 0.717) is 29.2 Å². The van der Waals surface area contributed by atoms with Gasteiger partial charge in [-0.3, -0.25) is 4.90 Å². The van der Waals surface area contributed by atoms with E-state index in [1.54, 1.807) is 62.2 Å². The van der Waals surface area contributed by atoms with E-state index in [1.165, 1.54) is 23.5 Å². The minimum atomic E-state index is -4.03. The van der Waals surface area contributed by atoms with Crippen molar-refractivity contribution in [1.29, 1.82) is 0 Å². The number of carbonyl (C=O) groups excluding carboxylic acids is 1. The zero-order valence-electron chi connectivity index (χ0n) is 25.4. The summed E-state index contributed by atoms with van der Waals surface area (Å²) >= 11 is 1.42. The molecule has 1 saturated heterocycles. The van der Waals surface area contributed by atoms with Gasteiger partial charge >= 0.3 is 12.1 Å². The van der Waals surface area contributed by atoms with Crippen LogP contribution in [0.15, 0.2) is 53.6 Å². The molecule has 2 aliphatic rings. The molecule has 11 nitrogen and oxygen atoms in total. The molecule has 1 aromatic heterocycles. The Labute approximate surface area is 266 Å². The first-order valence-corrected chi connectivity index (χ1v) is 17.1. The van der Waals surface area contributed by atoms with Crippen LogP contribution in [-0.4, -0.2) is 66.4 Å². The van der Waals surface area contributed by atoms with Crippen LogP contribution >= 0.6 is 11.3 Å². The molecular weight excluding hydrogens is 622 g/mol. The van der Waals surface area contributed by atoms with Crippen LogP contribution in [0.2, 0.25) is 0 Å². The first-order valence-electron chi connectivity index (χ1n) is 14.8. The summed E-state index contributed by atoms with van der Waals surface area (Å²) in [6.07, 6.45) is 3.74. The summed E-state index contributed by atoms with van der Waals surface area (Å²) in [6, 6.07) is 10.0. The maximum absolute atomic E-state index is 14.0. The smallest absolute Gasteiger partial charge is 0.407 e. The molecule has 4 N–H and O–H groups in total. The molecule has 2 aromatic carbocycles. The number of benzene rings is 2. The number of sulfonamides is 1. The molecule has 0 radical (unpaired) electrons. The molecule has 1 aliphatic heterocycles. The molecule has 0 atom stereocenters. The average molecular weight is 660 g/mol. The van der Waals surface area contributed by atoms with Crippen molar-refractivity contribution in [3.63, 3.8) is 0 Å². The number of carbonyl (C=O) groups is 2. The fourth-order valence-corrected chi connectivity index (χ4v) is 8.53. The van der Waals surface area contributed by atoms with E-state index in [0.717, 1.165) is 30.7 Å². The normalized spacial score (nSPS) is 19.0. The van der Waals surface area contributed by atoms with Gasteiger partial charge in [0.05, 0.1) is 34.0 Å². The summed E-state index contributed by atoms with van der Waals surface area (Å²) in [5.41, 5.74) is 0.261. The zero-order valence-corrected chi connectivity index (χ0v) is 27.0. The van der Waals surface area contributed by atoms with Gasteiger partial charge in [0.25, 0.3) is 0 Å². The first-order chi connectivity index (χ1) is 21.3. The largest absolute Gasteiger partial charge is 0.465 e. The van der Waals surface area contributed by atoms with Crippen molar-refractivity contribution in [2.24, 2.45) is 0 Å². The Kier molecular flexibility index (Phi) is 9.77. The predicted octanol–water partition coefficient (Wildman–Crippen LogP) is 5.75. The SMILES string of the molecule is CC(C)(C)NS(=O)(=O)c1cc(NC(=O)NCc2ccccc2F)ccc1-c1cnc(C2CCC(N(C(=O)O)C3COC3)CC2)s1. The fourth-order valence-electron chi connectivity index (χ4n) is 5.67. The maximum Gasteiger partial charge on any atom is 0.407 e. The number of hydrogen-bond donors (Lipinski definition) is 4. The summed E-state index contributed by atoms with van der Waals surface area (Å²) in [7, 11) is -4.03. The molecule has 1 aliphatic carbocycles. The number of amides is 3. The topological polar surface area (TPSA) is 150 Å². The molecule has 14 heteroatoms. The molecule has 45 heavy (non-hydrogen) atoms. The molecule has 3 amide bonds. The van der Waals surface area contributed by atoms with Crippen LogP contribution in [0.4, 0.5) is 19.7 Å². The fraction of sp³-hybridized carbons (Fsp3) is 0.452. The lowest BCUT2D eigenvalue weighted by molar-refractivity contribution is -0.0728. The Bertz CT molecular complexity index is 1650. The van der Waals surface area contributed by atoms with Crippen molar-refractivity contribution in [1.82, 2.24) is 19.9 Å². The molecule has 0 spiro atoms. The Morgan fingerprint density at radius 1 is 1.09 bits per heavy atom. The van der Waals surface area contributed by atoms with E-state index in [-0.39, 0.29) is 35.1 Å². The number of ether oxygens (including phenoxy) is 1. The van der Waals surface area contributed by atoms with Gasteiger partial charge in [0.15, 0.2) is 0 Å². The second-order valence-corrected chi connectivity index (χ2v) is 15.1. The van der Waals surface area contributed by atoms with E-state index in [9.17, 15) is 27.5 Å². The van der Waals surface area contributed by atoms with Gasteiger partial charge in [-0.25, -0.2) is 32.1 Å². The van der Waals surface area contributed by atoms with Crippen LogP contribution in [0.25, 0.3) is 10.4 Å². The van der Waals surface area contributed by atoms with Crippen molar-refractivity contribution in [2.45, 2.75) is 81.4 Å². The summed E-state index contributed by atoms with van der Waals surface area (Å²) < 4.78 is 49.1. The Morgan fingerprint density at radius 3 is 2.42 bits per heavy atom. The number of rotatable bonds is 9. The Hall–Kier alpha value is -3.59. The number of carboxylic acid groups (broad SMARTS) is 1. The summed E-state index contributed by atoms with van der Waals surface area (Å²) in [4.78, 5) is 31.4. The summed E-state index contributed by atoms with van der Waals surface area (Å²) in [6.45, 7) is 6.06. The highest BCUT2D eigenvalue weighted by atomic mass is 32.2. The zero-order chi connectivity index (χ0) is 32.4. The lowest BCUT2D eigenvalue weighted by Gasteiger charge is -2.42. The highest BCUT2D eigenvalue weighted by Gasteiger charge is 2.38. The number of nitrogens with one attached hydrogen (secondary N) is 3. The Morgan fingerprint density at radius 2 is 1.80 bits per heavy atom. The van der Waals surface area contributed by atoms with Gasteiger partial charge in [-0.2, -0.15) is 0 Å². The van der Waals surface area contributed by atoms with Crippen LogP contribution in [0, 0.1) is 5.82 Å². The minimum absolute atomic E-state index is 0.0111. The van der Waals surface area contributed by atoms with E-state index in [4.69, 9.17) is 4.74 Å². The number of urea groups is 1. The van der Waals surface area contributed by atoms with Crippen molar-refractivity contribution in [3.8, 4) is 10.4 Å². The third-order valence-corrected chi connectivity index (χ3v) is 10.8. The predicted molar refractivity (Wildman–Crippen MR) is 169 cm³/mol. The molecular formula is C31H38FN5O6S2. The third kappa shape index (κ3) is 7.98. The van der Waals surface area contributed by atoms with Crippen LogP contribution in [-0.2, 0) is 21.3 Å². The van der Waals surface area contributed by atoms with Crippen LogP contribution < -0.4 is 15.4 Å². The average Bonchev–Trinajstić information content (AvgIpc) is 3.43. The molecule has 1 saturated carbocycles. The molecule has 3 aromatic rings. The van der Waals surface area contributed by atoms with Crippen molar-refractivity contribution in [3.05, 3.63) is 65.0 Å². The molecule has 2 fully saturated rings. The van der Waals surface area contributed by atoms with Gasteiger partial charge in [-0.1, -0.05) is 24.3 Å². The minimum Gasteiger partial charge on any atom is -0.465 e. The second kappa shape index (κ2) is 13.4. The summed E-state index contributed by atoms with van der Waals surface area (Å²) in [5, 5.41) is 15.9. The van der Waals surface area contributed by atoms with Gasteiger partial charge in [-0.15, -0.1) is 11.3 Å². The van der Waals surface area contributed by atoms with Crippen molar-refractivity contribution < 1.29 is 32.2 Å². The lowest BCUT2D eigenvalue weighted by Crippen LogP contribution is -2.56. The van der Waals surface area contributed by atoms with Crippen molar-refractivity contribution >= 4 is 39.2 Å². The number of nitrogens with zero attached hydrogens (tertiary/aromatic N) is 2. The van der Waals surface area contributed by atoms with Crippen LogP contribution in [0.5, 0.6) is 0 Å². The molecule has 0 bridgehead atoms. The van der Waals surface area contributed by atoms with Gasteiger partial charge in [0.1, 0.15) is 5.82 Å². The van der Waals surface area contributed by atoms with Gasteiger partial charge < -0.3 is 20.5 Å².